The third-order valence-corrected chi connectivity index (χ3v) is 5.21. The maximum Gasteiger partial charge on any atom is 0.416 e. The molecule has 0 aromatic heterocycles. The van der Waals surface area contributed by atoms with Crippen LogP contribution in [-0.2, 0) is 25.6 Å². The number of alkyl halides is 3. The first-order valence-electron chi connectivity index (χ1n) is 9.80. The normalized spacial score (nSPS) is 16.0. The van der Waals surface area contributed by atoms with E-state index in [1.54, 1.807) is 42.7 Å². The van der Waals surface area contributed by atoms with E-state index in [0.29, 0.717) is 30.4 Å². The summed E-state index contributed by atoms with van der Waals surface area (Å²) in [4.78, 5) is 26.1. The highest BCUT2D eigenvalue weighted by Crippen LogP contribution is 2.31. The Morgan fingerprint density at radius 3 is 2.45 bits per heavy atom. The van der Waals surface area contributed by atoms with E-state index in [9.17, 15) is 22.8 Å². The molecule has 1 unspecified atom stereocenters. The zero-order valence-electron chi connectivity index (χ0n) is 17.2. The number of hydroxylamine groups is 1. The molecule has 166 valence electrons. The van der Waals surface area contributed by atoms with Gasteiger partial charge in [0.15, 0.2) is 0 Å². The maximum absolute atomic E-state index is 13.3. The number of carbonyl (C=O) groups is 2. The molecule has 9 heteroatoms. The van der Waals surface area contributed by atoms with Crippen LogP contribution in [0.2, 0.25) is 0 Å². The summed E-state index contributed by atoms with van der Waals surface area (Å²) in [5.41, 5.74) is 3.28. The van der Waals surface area contributed by atoms with E-state index in [2.05, 4.69) is 5.32 Å². The predicted octanol–water partition coefficient (Wildman–Crippen LogP) is 3.17. The quantitative estimate of drug-likeness (QED) is 0.498. The lowest BCUT2D eigenvalue weighted by Crippen LogP contribution is -2.39. The smallest absolute Gasteiger partial charge is 0.349 e. The van der Waals surface area contributed by atoms with Crippen molar-refractivity contribution in [1.29, 1.82) is 0 Å². The molecule has 0 saturated heterocycles. The van der Waals surface area contributed by atoms with Gasteiger partial charge in [-0.05, 0) is 80.4 Å². The molecule has 0 bridgehead atoms. The van der Waals surface area contributed by atoms with Crippen molar-refractivity contribution in [3.8, 4) is 0 Å². The predicted molar refractivity (Wildman–Crippen MR) is 108 cm³/mol. The first-order chi connectivity index (χ1) is 14.6. The molecule has 0 spiro atoms. The minimum absolute atomic E-state index is 0.0362. The zero-order chi connectivity index (χ0) is 22.8. The van der Waals surface area contributed by atoms with Gasteiger partial charge in [0.05, 0.1) is 5.56 Å². The van der Waals surface area contributed by atoms with Gasteiger partial charge in [-0.15, -0.1) is 0 Å². The van der Waals surface area contributed by atoms with Gasteiger partial charge in [0.2, 0.25) is 0 Å². The summed E-state index contributed by atoms with van der Waals surface area (Å²) in [5.74, 6) is -1.20. The number of nitrogens with one attached hydrogen (secondary N) is 2. The number of nitrogens with zero attached hydrogens (tertiary/aromatic N) is 1. The van der Waals surface area contributed by atoms with Crippen LogP contribution in [0.5, 0.6) is 0 Å². The molecule has 0 fully saturated rings. The maximum atomic E-state index is 13.3. The van der Waals surface area contributed by atoms with Gasteiger partial charge in [-0.2, -0.15) is 13.2 Å². The Balaban J connectivity index is 1.79. The molecule has 0 aliphatic heterocycles. The molecule has 3 N–H and O–H groups in total. The molecule has 1 aliphatic carbocycles. The van der Waals surface area contributed by atoms with Crippen LogP contribution in [0.4, 0.5) is 13.2 Å². The van der Waals surface area contributed by atoms with Gasteiger partial charge in [-0.3, -0.25) is 14.8 Å². The fraction of sp³-hybridized carbons (Fsp3) is 0.364. The molecule has 0 radical (unpaired) electrons. The molecule has 2 amide bonds. The highest BCUT2D eigenvalue weighted by atomic mass is 19.4. The lowest BCUT2D eigenvalue weighted by molar-refractivity contribution is -0.137. The third-order valence-electron chi connectivity index (χ3n) is 5.21. The molecule has 1 atom stereocenters. The second kappa shape index (κ2) is 9.07. The zero-order valence-corrected chi connectivity index (χ0v) is 17.2. The summed E-state index contributed by atoms with van der Waals surface area (Å²) >= 11 is 0. The monoisotopic (exact) mass is 435 g/mol. The van der Waals surface area contributed by atoms with Gasteiger partial charge in [-0.25, -0.2) is 5.48 Å². The Kier molecular flexibility index (Phi) is 6.66. The highest BCUT2D eigenvalue weighted by Gasteiger charge is 2.32. The summed E-state index contributed by atoms with van der Waals surface area (Å²) in [7, 11) is 3.48. The van der Waals surface area contributed by atoms with Gasteiger partial charge in [0, 0.05) is 23.7 Å². The van der Waals surface area contributed by atoms with Crippen molar-refractivity contribution in [2.24, 2.45) is 0 Å². The number of hydrogen-bond donors (Lipinski definition) is 3. The number of benzene rings is 2. The van der Waals surface area contributed by atoms with Crippen LogP contribution in [0.15, 0.2) is 36.4 Å². The van der Waals surface area contributed by atoms with Gasteiger partial charge >= 0.3 is 6.18 Å². The molecular formula is C22H24F3N3O3. The summed E-state index contributed by atoms with van der Waals surface area (Å²) in [6.07, 6.45) is -2.81. The molecule has 31 heavy (non-hydrogen) atoms. The SMILES string of the molecule is CN(C)Cc1cc(C(=O)NC2CCc3ccc(C(=O)NO)cc3C2)cc(C(F)(F)F)c1. The first-order valence-corrected chi connectivity index (χ1v) is 9.80. The molecule has 3 rings (SSSR count). The van der Waals surface area contributed by atoms with Gasteiger partial charge in [0.1, 0.15) is 0 Å². The van der Waals surface area contributed by atoms with Crippen molar-refractivity contribution in [2.75, 3.05) is 14.1 Å². The van der Waals surface area contributed by atoms with Crippen LogP contribution in [0.3, 0.4) is 0 Å². The number of aryl methyl sites for hydroxylation is 1. The molecule has 0 saturated carbocycles. The van der Waals surface area contributed by atoms with Crippen molar-refractivity contribution < 1.29 is 28.0 Å². The minimum Gasteiger partial charge on any atom is -0.349 e. The molecule has 2 aromatic rings. The second-order valence-corrected chi connectivity index (χ2v) is 7.99. The molecule has 2 aromatic carbocycles. The van der Waals surface area contributed by atoms with Crippen molar-refractivity contribution in [1.82, 2.24) is 15.7 Å². The van der Waals surface area contributed by atoms with Crippen LogP contribution in [0, 0.1) is 0 Å². The van der Waals surface area contributed by atoms with Crippen molar-refractivity contribution >= 4 is 11.8 Å². The van der Waals surface area contributed by atoms with E-state index in [1.165, 1.54) is 6.07 Å². The second-order valence-electron chi connectivity index (χ2n) is 7.99. The van der Waals surface area contributed by atoms with E-state index in [0.717, 1.165) is 23.3 Å². The molecule has 1 aliphatic rings. The van der Waals surface area contributed by atoms with Crippen molar-refractivity contribution in [2.45, 2.75) is 38.0 Å². The Morgan fingerprint density at radius 1 is 1.06 bits per heavy atom. The number of rotatable bonds is 5. The van der Waals surface area contributed by atoms with Crippen LogP contribution < -0.4 is 10.8 Å². The van der Waals surface area contributed by atoms with Crippen LogP contribution in [0.25, 0.3) is 0 Å². The minimum atomic E-state index is -4.55. The average molecular weight is 435 g/mol. The number of amides is 2. The van der Waals surface area contributed by atoms with Crippen LogP contribution >= 0.6 is 0 Å². The van der Waals surface area contributed by atoms with Gasteiger partial charge in [-0.1, -0.05) is 6.07 Å². The van der Waals surface area contributed by atoms with E-state index in [1.807, 2.05) is 0 Å². The first kappa shape index (κ1) is 22.8. The van der Waals surface area contributed by atoms with Crippen LogP contribution in [-0.4, -0.2) is 42.1 Å². The summed E-state index contributed by atoms with van der Waals surface area (Å²) in [5, 5.41) is 11.6. The summed E-state index contributed by atoms with van der Waals surface area (Å²) in [6, 6.07) is 8.19. The lowest BCUT2D eigenvalue weighted by Gasteiger charge is -2.26. The lowest BCUT2D eigenvalue weighted by atomic mass is 9.87. The number of carbonyl (C=O) groups excluding carboxylic acids is 2. The molecule has 6 nitrogen and oxygen atoms in total. The molecular weight excluding hydrogens is 411 g/mol. The summed E-state index contributed by atoms with van der Waals surface area (Å²) < 4.78 is 39.9. The van der Waals surface area contributed by atoms with Crippen molar-refractivity contribution in [3.05, 3.63) is 69.8 Å². The number of fused-ring (bicyclic) bond motifs is 1. The number of hydrogen-bond acceptors (Lipinski definition) is 4. The highest BCUT2D eigenvalue weighted by molar-refractivity contribution is 5.95. The number of halogens is 3. The largest absolute Gasteiger partial charge is 0.416 e. The van der Waals surface area contributed by atoms with Gasteiger partial charge < -0.3 is 10.2 Å². The van der Waals surface area contributed by atoms with E-state index >= 15 is 0 Å². The van der Waals surface area contributed by atoms with Crippen LogP contribution in [0.1, 0.15) is 49.4 Å². The fourth-order valence-corrected chi connectivity index (χ4v) is 3.80. The summed E-state index contributed by atoms with van der Waals surface area (Å²) in [6.45, 7) is 0.275. The van der Waals surface area contributed by atoms with E-state index in [4.69, 9.17) is 5.21 Å². The van der Waals surface area contributed by atoms with Gasteiger partial charge in [0.25, 0.3) is 11.8 Å². The topological polar surface area (TPSA) is 81.7 Å². The van der Waals surface area contributed by atoms with Crippen molar-refractivity contribution in [3.63, 3.8) is 0 Å². The Bertz CT molecular complexity index is 990. The Hall–Kier alpha value is -2.91. The third kappa shape index (κ3) is 5.62. The average Bonchev–Trinajstić information content (AvgIpc) is 2.71. The standard InChI is InChI=1S/C22H24F3N3O3/c1-28(2)12-13-7-17(10-18(8-13)22(23,24)25)20(29)26-19-6-5-14-3-4-15(21(30)27-31)9-16(14)11-19/h3-4,7-10,19,31H,5-6,11-12H2,1-2H3,(H,26,29)(H,27,30). The van der Waals surface area contributed by atoms with E-state index < -0.39 is 23.6 Å². The molecule has 0 heterocycles. The fourth-order valence-electron chi connectivity index (χ4n) is 3.80. The Morgan fingerprint density at radius 2 is 1.81 bits per heavy atom. The Labute approximate surface area is 178 Å². The van der Waals surface area contributed by atoms with E-state index in [-0.39, 0.29) is 18.2 Å².